The highest BCUT2D eigenvalue weighted by Crippen LogP contribution is 2.29. The molecule has 0 aliphatic carbocycles. The maximum absolute atomic E-state index is 12.9. The average molecular weight is 584 g/mol. The Morgan fingerprint density at radius 3 is 2.51 bits per heavy atom. The summed E-state index contributed by atoms with van der Waals surface area (Å²) in [6.45, 7) is 5.47. The van der Waals surface area contributed by atoms with Crippen LogP contribution in [0.5, 0.6) is 5.75 Å². The van der Waals surface area contributed by atoms with Gasteiger partial charge in [0.1, 0.15) is 5.75 Å². The van der Waals surface area contributed by atoms with Crippen LogP contribution in [0.1, 0.15) is 46.0 Å². The van der Waals surface area contributed by atoms with Gasteiger partial charge in [-0.2, -0.15) is 0 Å². The van der Waals surface area contributed by atoms with Crippen molar-refractivity contribution in [2.75, 3.05) is 39.1 Å². The molecule has 11 nitrogen and oxygen atoms in total. The van der Waals surface area contributed by atoms with Crippen LogP contribution >= 0.6 is 11.8 Å². The van der Waals surface area contributed by atoms with Crippen molar-refractivity contribution in [3.63, 3.8) is 0 Å². The fourth-order valence-electron chi connectivity index (χ4n) is 4.73. The number of carbonyl (C=O) groups is 3. The number of aromatic nitrogens is 3. The number of methoxy groups -OCH3 is 1. The van der Waals surface area contributed by atoms with E-state index in [4.69, 9.17) is 13.9 Å². The number of hydrogen-bond acceptors (Lipinski definition) is 9. The van der Waals surface area contributed by atoms with E-state index in [0.717, 1.165) is 35.2 Å². The van der Waals surface area contributed by atoms with E-state index >= 15 is 0 Å². The summed E-state index contributed by atoms with van der Waals surface area (Å²) in [7, 11) is 1.63. The topological polar surface area (TPSA) is 120 Å². The Morgan fingerprint density at radius 1 is 1.02 bits per heavy atom. The predicted octanol–water partition coefficient (Wildman–Crippen LogP) is 4.20. The molecule has 1 saturated heterocycles. The number of benzene rings is 1. The molecule has 41 heavy (non-hydrogen) atoms. The molecule has 3 heterocycles. The van der Waals surface area contributed by atoms with Crippen LogP contribution in [-0.2, 0) is 19.1 Å². The largest absolute Gasteiger partial charge is 0.497 e. The molecule has 0 bridgehead atoms. The molecule has 2 amide bonds. The quantitative estimate of drug-likeness (QED) is 0.166. The Kier molecular flexibility index (Phi) is 10.8. The van der Waals surface area contributed by atoms with Crippen LogP contribution in [0.25, 0.3) is 17.3 Å². The minimum atomic E-state index is -0.362. The van der Waals surface area contributed by atoms with Gasteiger partial charge in [0.15, 0.2) is 10.9 Å². The summed E-state index contributed by atoms with van der Waals surface area (Å²) >= 11 is 1.59. The standard InChI is InChI=1S/C29H37N5O6S/c1-4-39-27(37)15-14-26(36)33-17-16-32(20-21(33)2)25(35)9-5-6-19-41-29-31-30-28(24-8-7-18-40-24)34(29)22-10-12-23(38-3)13-11-22/h7-8,10-13,18,21H,4-6,9,14-17,19-20H2,1-3H3. The number of rotatable bonds is 13. The zero-order valence-electron chi connectivity index (χ0n) is 23.8. The lowest BCUT2D eigenvalue weighted by Crippen LogP contribution is -2.55. The highest BCUT2D eigenvalue weighted by Gasteiger charge is 2.29. The van der Waals surface area contributed by atoms with Crippen molar-refractivity contribution in [3.05, 3.63) is 42.7 Å². The van der Waals surface area contributed by atoms with Gasteiger partial charge >= 0.3 is 5.97 Å². The van der Waals surface area contributed by atoms with E-state index in [9.17, 15) is 14.4 Å². The maximum Gasteiger partial charge on any atom is 0.306 e. The SMILES string of the molecule is CCOC(=O)CCC(=O)N1CCN(C(=O)CCCCSc2nnc(-c3ccco3)n2-c2ccc(OC)cc2)CC1C. The Labute approximate surface area is 244 Å². The number of nitrogens with zero attached hydrogens (tertiary/aromatic N) is 5. The summed E-state index contributed by atoms with van der Waals surface area (Å²) in [4.78, 5) is 40.6. The zero-order chi connectivity index (χ0) is 29.2. The lowest BCUT2D eigenvalue weighted by Gasteiger charge is -2.40. The van der Waals surface area contributed by atoms with Crippen LogP contribution in [0.2, 0.25) is 0 Å². The number of piperazine rings is 1. The molecule has 0 spiro atoms. The molecule has 3 aromatic rings. The van der Waals surface area contributed by atoms with Crippen LogP contribution in [0.3, 0.4) is 0 Å². The van der Waals surface area contributed by atoms with Crippen molar-refractivity contribution in [2.24, 2.45) is 0 Å². The molecule has 1 aromatic carbocycles. The first-order valence-corrected chi connectivity index (χ1v) is 14.9. The second-order valence-electron chi connectivity index (χ2n) is 9.70. The summed E-state index contributed by atoms with van der Waals surface area (Å²) in [5, 5.41) is 9.53. The fourth-order valence-corrected chi connectivity index (χ4v) is 5.68. The van der Waals surface area contributed by atoms with Crippen molar-refractivity contribution in [3.8, 4) is 23.0 Å². The number of furan rings is 1. The summed E-state index contributed by atoms with van der Waals surface area (Å²) in [5.41, 5.74) is 0.896. The summed E-state index contributed by atoms with van der Waals surface area (Å²) in [5.74, 6) is 2.44. The molecule has 220 valence electrons. The number of thioether (sulfide) groups is 1. The highest BCUT2D eigenvalue weighted by molar-refractivity contribution is 7.99. The fraction of sp³-hybridized carbons (Fsp3) is 0.483. The first kappa shape index (κ1) is 30.2. The van der Waals surface area contributed by atoms with E-state index in [1.54, 1.807) is 37.0 Å². The van der Waals surface area contributed by atoms with Gasteiger partial charge in [-0.25, -0.2) is 0 Å². The number of esters is 1. The lowest BCUT2D eigenvalue weighted by molar-refractivity contribution is -0.147. The van der Waals surface area contributed by atoms with Gasteiger partial charge in [-0.15, -0.1) is 10.2 Å². The number of unbranched alkanes of at least 4 members (excludes halogenated alkanes) is 1. The number of carbonyl (C=O) groups excluding carboxylic acids is 3. The van der Waals surface area contributed by atoms with Crippen molar-refractivity contribution < 1.29 is 28.3 Å². The van der Waals surface area contributed by atoms with Gasteiger partial charge in [-0.1, -0.05) is 11.8 Å². The molecular weight excluding hydrogens is 546 g/mol. The van der Waals surface area contributed by atoms with Crippen molar-refractivity contribution >= 4 is 29.5 Å². The van der Waals surface area contributed by atoms with Crippen LogP contribution < -0.4 is 4.74 Å². The third-order valence-electron chi connectivity index (χ3n) is 6.87. The van der Waals surface area contributed by atoms with Crippen molar-refractivity contribution in [1.29, 1.82) is 0 Å². The molecule has 1 unspecified atom stereocenters. The Morgan fingerprint density at radius 2 is 1.83 bits per heavy atom. The number of ether oxygens (including phenoxy) is 2. The average Bonchev–Trinajstić information content (AvgIpc) is 3.66. The number of amides is 2. The predicted molar refractivity (Wildman–Crippen MR) is 154 cm³/mol. The Bertz CT molecular complexity index is 1290. The first-order valence-electron chi connectivity index (χ1n) is 13.9. The normalized spacial score (nSPS) is 15.1. The van der Waals surface area contributed by atoms with Crippen molar-refractivity contribution in [2.45, 2.75) is 57.1 Å². The van der Waals surface area contributed by atoms with Crippen molar-refractivity contribution in [1.82, 2.24) is 24.6 Å². The van der Waals surface area contributed by atoms with Crippen LogP contribution in [0.15, 0.2) is 52.2 Å². The lowest BCUT2D eigenvalue weighted by atomic mass is 10.1. The smallest absolute Gasteiger partial charge is 0.306 e. The second kappa shape index (κ2) is 14.7. The Balaban J connectivity index is 1.24. The van der Waals surface area contributed by atoms with Gasteiger partial charge in [-0.05, 0) is 63.1 Å². The summed E-state index contributed by atoms with van der Waals surface area (Å²) in [6.07, 6.45) is 3.86. The minimum absolute atomic E-state index is 0.0765. The van der Waals surface area contributed by atoms with E-state index in [-0.39, 0.29) is 36.7 Å². The maximum atomic E-state index is 12.9. The molecule has 1 aliphatic rings. The number of hydrogen-bond donors (Lipinski definition) is 0. The zero-order valence-corrected chi connectivity index (χ0v) is 24.6. The van der Waals surface area contributed by atoms with Crippen LogP contribution in [-0.4, -0.2) is 87.5 Å². The molecule has 1 atom stereocenters. The van der Waals surface area contributed by atoms with Crippen LogP contribution in [0.4, 0.5) is 0 Å². The van der Waals surface area contributed by atoms with Gasteiger partial charge < -0.3 is 23.7 Å². The molecule has 2 aromatic heterocycles. The first-order chi connectivity index (χ1) is 19.9. The summed E-state index contributed by atoms with van der Waals surface area (Å²) in [6, 6.07) is 11.3. The van der Waals surface area contributed by atoms with Gasteiger partial charge in [0, 0.05) is 44.3 Å². The molecular formula is C29H37N5O6S. The molecule has 12 heteroatoms. The van der Waals surface area contributed by atoms with E-state index in [0.29, 0.717) is 44.2 Å². The third-order valence-corrected chi connectivity index (χ3v) is 7.89. The molecule has 0 saturated carbocycles. The summed E-state index contributed by atoms with van der Waals surface area (Å²) < 4.78 is 17.7. The van der Waals surface area contributed by atoms with Gasteiger partial charge in [0.2, 0.25) is 17.6 Å². The highest BCUT2D eigenvalue weighted by atomic mass is 32.2. The molecule has 1 aliphatic heterocycles. The Hall–Kier alpha value is -3.80. The van der Waals surface area contributed by atoms with Crippen LogP contribution in [0, 0.1) is 0 Å². The molecule has 1 fully saturated rings. The second-order valence-corrected chi connectivity index (χ2v) is 10.8. The molecule has 0 radical (unpaired) electrons. The van der Waals surface area contributed by atoms with E-state index in [2.05, 4.69) is 10.2 Å². The van der Waals surface area contributed by atoms with E-state index < -0.39 is 0 Å². The van der Waals surface area contributed by atoms with Gasteiger partial charge in [0.25, 0.3) is 0 Å². The third kappa shape index (κ3) is 7.90. The van der Waals surface area contributed by atoms with Gasteiger partial charge in [0.05, 0.1) is 32.1 Å². The molecule has 4 rings (SSSR count). The minimum Gasteiger partial charge on any atom is -0.497 e. The molecule has 0 N–H and O–H groups in total. The van der Waals surface area contributed by atoms with Gasteiger partial charge in [-0.3, -0.25) is 19.0 Å². The monoisotopic (exact) mass is 583 g/mol. The van der Waals surface area contributed by atoms with E-state index in [1.165, 1.54) is 0 Å². The van der Waals surface area contributed by atoms with E-state index in [1.807, 2.05) is 52.8 Å².